The maximum atomic E-state index is 12.6. The van der Waals surface area contributed by atoms with E-state index in [4.69, 9.17) is 0 Å². The molecular formula is C24H30O. The number of unbranched alkanes of at least 4 members (excludes halogenated alkanes) is 1. The van der Waals surface area contributed by atoms with Gasteiger partial charge < -0.3 is 0 Å². The van der Waals surface area contributed by atoms with Crippen molar-refractivity contribution in [3.63, 3.8) is 0 Å². The van der Waals surface area contributed by atoms with Crippen LogP contribution in [0, 0.1) is 0 Å². The molecule has 3 rings (SSSR count). The molecule has 0 spiro atoms. The molecule has 1 fully saturated rings. The number of carbonyl (C=O) groups is 1. The fourth-order valence-corrected chi connectivity index (χ4v) is 4.11. The Morgan fingerprint density at radius 3 is 2.00 bits per heavy atom. The molecule has 1 aliphatic rings. The second-order valence-electron chi connectivity index (χ2n) is 7.43. The van der Waals surface area contributed by atoms with Crippen molar-refractivity contribution in [1.29, 1.82) is 0 Å². The Morgan fingerprint density at radius 2 is 1.40 bits per heavy atom. The molecule has 2 unspecified atom stereocenters. The van der Waals surface area contributed by atoms with Crippen molar-refractivity contribution in [2.24, 2.45) is 0 Å². The first-order chi connectivity index (χ1) is 12.2. The van der Waals surface area contributed by atoms with Crippen LogP contribution in [0.4, 0.5) is 0 Å². The molecule has 2 aromatic carbocycles. The molecule has 0 heterocycles. The van der Waals surface area contributed by atoms with Crippen LogP contribution in [0.1, 0.15) is 80.0 Å². The van der Waals surface area contributed by atoms with Gasteiger partial charge >= 0.3 is 0 Å². The Balaban J connectivity index is 1.79. The van der Waals surface area contributed by atoms with Gasteiger partial charge in [-0.2, -0.15) is 0 Å². The Morgan fingerprint density at radius 1 is 0.800 bits per heavy atom. The second kappa shape index (κ2) is 8.47. The number of Topliss-reactive ketones (excluding diaryl/α,β-unsaturated/α-hetero) is 1. The summed E-state index contributed by atoms with van der Waals surface area (Å²) in [6, 6.07) is 17.8. The molecule has 0 N–H and O–H groups in total. The van der Waals surface area contributed by atoms with E-state index in [9.17, 15) is 4.79 Å². The molecule has 0 aliphatic heterocycles. The van der Waals surface area contributed by atoms with E-state index in [1.165, 1.54) is 41.5 Å². The van der Waals surface area contributed by atoms with Crippen LogP contribution >= 0.6 is 0 Å². The van der Waals surface area contributed by atoms with Crippen LogP contribution in [0.5, 0.6) is 0 Å². The van der Waals surface area contributed by atoms with Crippen LogP contribution in [-0.4, -0.2) is 5.78 Å². The number of hydrogen-bond acceptors (Lipinski definition) is 1. The average Bonchev–Trinajstić information content (AvgIpc) is 3.03. The maximum absolute atomic E-state index is 12.6. The van der Waals surface area contributed by atoms with Gasteiger partial charge in [0, 0.05) is 12.3 Å². The largest absolute Gasteiger partial charge is 0.299 e. The summed E-state index contributed by atoms with van der Waals surface area (Å²) in [5.74, 6) is 0.783. The van der Waals surface area contributed by atoms with Crippen molar-refractivity contribution in [1.82, 2.24) is 0 Å². The SMILES string of the molecule is CCCCc1ccc(C2C(=O)CCC2c2ccc(CCC)cc2)cc1. The normalized spacial score (nSPS) is 20.2. The minimum atomic E-state index is 0.0391. The first-order valence-electron chi connectivity index (χ1n) is 9.93. The summed E-state index contributed by atoms with van der Waals surface area (Å²) in [5, 5.41) is 0. The van der Waals surface area contributed by atoms with Crippen molar-refractivity contribution in [3.8, 4) is 0 Å². The zero-order valence-corrected chi connectivity index (χ0v) is 15.6. The lowest BCUT2D eigenvalue weighted by Gasteiger charge is -2.20. The van der Waals surface area contributed by atoms with Crippen molar-refractivity contribution >= 4 is 5.78 Å². The summed E-state index contributed by atoms with van der Waals surface area (Å²) in [5.41, 5.74) is 5.31. The highest BCUT2D eigenvalue weighted by molar-refractivity contribution is 5.89. The van der Waals surface area contributed by atoms with Crippen LogP contribution in [0.3, 0.4) is 0 Å². The van der Waals surface area contributed by atoms with Crippen molar-refractivity contribution in [3.05, 3.63) is 70.8 Å². The van der Waals surface area contributed by atoms with Gasteiger partial charge in [-0.25, -0.2) is 0 Å². The summed E-state index contributed by atoms with van der Waals surface area (Å²) < 4.78 is 0. The lowest BCUT2D eigenvalue weighted by Crippen LogP contribution is -2.11. The first-order valence-corrected chi connectivity index (χ1v) is 9.93. The Bertz CT molecular complexity index is 681. The zero-order chi connectivity index (χ0) is 17.6. The molecular weight excluding hydrogens is 304 g/mol. The zero-order valence-electron chi connectivity index (χ0n) is 15.6. The van der Waals surface area contributed by atoms with E-state index in [2.05, 4.69) is 62.4 Å². The van der Waals surface area contributed by atoms with E-state index >= 15 is 0 Å². The number of ketones is 1. The fourth-order valence-electron chi connectivity index (χ4n) is 4.11. The van der Waals surface area contributed by atoms with E-state index < -0.39 is 0 Å². The highest BCUT2D eigenvalue weighted by Gasteiger charge is 2.36. The monoisotopic (exact) mass is 334 g/mol. The summed E-state index contributed by atoms with van der Waals surface area (Å²) in [6.45, 7) is 4.44. The van der Waals surface area contributed by atoms with Crippen molar-refractivity contribution < 1.29 is 4.79 Å². The summed E-state index contributed by atoms with van der Waals surface area (Å²) in [7, 11) is 0. The number of benzene rings is 2. The van der Waals surface area contributed by atoms with E-state index in [1.54, 1.807) is 0 Å². The van der Waals surface area contributed by atoms with Gasteiger partial charge in [0.05, 0.1) is 0 Å². The van der Waals surface area contributed by atoms with Crippen LogP contribution in [0.25, 0.3) is 0 Å². The lowest BCUT2D eigenvalue weighted by atomic mass is 9.83. The Hall–Kier alpha value is -1.89. The van der Waals surface area contributed by atoms with Gasteiger partial charge in [0.2, 0.25) is 0 Å². The molecule has 0 saturated heterocycles. The van der Waals surface area contributed by atoms with Crippen molar-refractivity contribution in [2.75, 3.05) is 0 Å². The van der Waals surface area contributed by atoms with Crippen LogP contribution in [-0.2, 0) is 17.6 Å². The highest BCUT2D eigenvalue weighted by atomic mass is 16.1. The van der Waals surface area contributed by atoms with E-state index in [0.717, 1.165) is 19.3 Å². The molecule has 1 heteroatoms. The molecule has 25 heavy (non-hydrogen) atoms. The Labute approximate surface area is 152 Å². The molecule has 1 nitrogen and oxygen atoms in total. The lowest BCUT2D eigenvalue weighted by molar-refractivity contribution is -0.118. The van der Waals surface area contributed by atoms with Gasteiger partial charge in [0.25, 0.3) is 0 Å². The topological polar surface area (TPSA) is 17.1 Å². The molecule has 1 aliphatic carbocycles. The molecule has 132 valence electrons. The smallest absolute Gasteiger partial charge is 0.140 e. The molecule has 0 radical (unpaired) electrons. The third-order valence-corrected chi connectivity index (χ3v) is 5.56. The van der Waals surface area contributed by atoms with Crippen LogP contribution in [0.2, 0.25) is 0 Å². The minimum Gasteiger partial charge on any atom is -0.299 e. The van der Waals surface area contributed by atoms with Crippen LogP contribution in [0.15, 0.2) is 48.5 Å². The Kier molecular flexibility index (Phi) is 6.07. The van der Waals surface area contributed by atoms with Gasteiger partial charge in [0.15, 0.2) is 0 Å². The first kappa shape index (κ1) is 17.9. The minimum absolute atomic E-state index is 0.0391. The van der Waals surface area contributed by atoms with E-state index in [1.807, 2.05) is 0 Å². The average molecular weight is 335 g/mol. The third kappa shape index (κ3) is 4.21. The predicted octanol–water partition coefficient (Wildman–Crippen LogP) is 6.21. The fraction of sp³-hybridized carbons (Fsp3) is 0.458. The quantitative estimate of drug-likeness (QED) is 0.588. The van der Waals surface area contributed by atoms with Gasteiger partial charge in [0.1, 0.15) is 5.78 Å². The number of carbonyl (C=O) groups excluding carboxylic acids is 1. The van der Waals surface area contributed by atoms with Crippen LogP contribution < -0.4 is 0 Å². The summed E-state index contributed by atoms with van der Waals surface area (Å²) in [6.07, 6.45) is 7.59. The number of aryl methyl sites for hydroxylation is 2. The molecule has 2 aromatic rings. The second-order valence-corrected chi connectivity index (χ2v) is 7.43. The molecule has 0 aromatic heterocycles. The van der Waals surface area contributed by atoms with Crippen molar-refractivity contribution in [2.45, 2.75) is 70.6 Å². The summed E-state index contributed by atoms with van der Waals surface area (Å²) in [4.78, 5) is 12.6. The van der Waals surface area contributed by atoms with E-state index in [-0.39, 0.29) is 5.92 Å². The molecule has 0 amide bonds. The molecule has 1 saturated carbocycles. The van der Waals surface area contributed by atoms with Gasteiger partial charge in [-0.05, 0) is 53.9 Å². The summed E-state index contributed by atoms with van der Waals surface area (Å²) >= 11 is 0. The van der Waals surface area contributed by atoms with Gasteiger partial charge in [-0.1, -0.05) is 75.2 Å². The number of rotatable bonds is 7. The third-order valence-electron chi connectivity index (χ3n) is 5.56. The molecule has 0 bridgehead atoms. The van der Waals surface area contributed by atoms with Gasteiger partial charge in [-0.15, -0.1) is 0 Å². The maximum Gasteiger partial charge on any atom is 0.140 e. The van der Waals surface area contributed by atoms with E-state index in [0.29, 0.717) is 18.1 Å². The highest BCUT2D eigenvalue weighted by Crippen LogP contribution is 2.43. The number of hydrogen-bond donors (Lipinski definition) is 0. The standard InChI is InChI=1S/C24H30O/c1-3-5-7-19-10-14-21(15-11-19)24-22(16-17-23(24)25)20-12-8-18(6-4-2)9-13-20/h8-15,22,24H,3-7,16-17H2,1-2H3. The molecule has 2 atom stereocenters. The van der Waals surface area contributed by atoms with Gasteiger partial charge in [-0.3, -0.25) is 4.79 Å². The predicted molar refractivity (Wildman–Crippen MR) is 105 cm³/mol.